The summed E-state index contributed by atoms with van der Waals surface area (Å²) in [5.41, 5.74) is 1.86. The SMILES string of the molecule is CC(C)c1cccc2cc(-c3noc(CCC(=O)O)n3)c(=O)[nH]c12. The van der Waals surface area contributed by atoms with Crippen LogP contribution >= 0.6 is 0 Å². The second-order valence-electron chi connectivity index (χ2n) is 5.88. The molecular formula is C17H17N3O4. The van der Waals surface area contributed by atoms with Crippen molar-refractivity contribution in [2.24, 2.45) is 0 Å². The Balaban J connectivity index is 2.03. The molecule has 3 aromatic rings. The normalized spacial score (nSPS) is 11.3. The van der Waals surface area contributed by atoms with E-state index < -0.39 is 5.97 Å². The Bertz CT molecular complexity index is 956. The number of H-pyrrole nitrogens is 1. The monoisotopic (exact) mass is 327 g/mol. The zero-order valence-electron chi connectivity index (χ0n) is 13.4. The maximum atomic E-state index is 12.4. The van der Waals surface area contributed by atoms with Gasteiger partial charge >= 0.3 is 5.97 Å². The van der Waals surface area contributed by atoms with Gasteiger partial charge in [0.05, 0.1) is 17.5 Å². The molecule has 0 bridgehead atoms. The number of pyridine rings is 1. The first-order chi connectivity index (χ1) is 11.5. The third-order valence-electron chi connectivity index (χ3n) is 3.80. The lowest BCUT2D eigenvalue weighted by Crippen LogP contribution is -2.11. The van der Waals surface area contributed by atoms with E-state index >= 15 is 0 Å². The number of aromatic amines is 1. The van der Waals surface area contributed by atoms with E-state index in [2.05, 4.69) is 29.0 Å². The Hall–Kier alpha value is -2.96. The van der Waals surface area contributed by atoms with Gasteiger partial charge in [0.1, 0.15) is 0 Å². The first-order valence-electron chi connectivity index (χ1n) is 7.66. The van der Waals surface area contributed by atoms with Crippen molar-refractivity contribution in [3.63, 3.8) is 0 Å². The van der Waals surface area contributed by atoms with Gasteiger partial charge in [-0.3, -0.25) is 9.59 Å². The molecule has 0 aliphatic rings. The van der Waals surface area contributed by atoms with E-state index in [1.54, 1.807) is 6.07 Å². The highest BCUT2D eigenvalue weighted by atomic mass is 16.5. The molecular weight excluding hydrogens is 310 g/mol. The van der Waals surface area contributed by atoms with Gasteiger partial charge in [0.15, 0.2) is 0 Å². The Morgan fingerprint density at radius 2 is 2.17 bits per heavy atom. The fourth-order valence-electron chi connectivity index (χ4n) is 2.58. The number of nitrogens with zero attached hydrogens (tertiary/aromatic N) is 2. The number of fused-ring (bicyclic) bond motifs is 1. The molecule has 0 atom stereocenters. The molecule has 0 unspecified atom stereocenters. The fraction of sp³-hybridized carbons (Fsp3) is 0.294. The number of hydrogen-bond donors (Lipinski definition) is 2. The maximum Gasteiger partial charge on any atom is 0.303 e. The van der Waals surface area contributed by atoms with E-state index in [4.69, 9.17) is 9.63 Å². The number of carboxylic acid groups (broad SMARTS) is 1. The van der Waals surface area contributed by atoms with Gasteiger partial charge in [-0.1, -0.05) is 37.2 Å². The second kappa shape index (κ2) is 6.27. The maximum absolute atomic E-state index is 12.4. The van der Waals surface area contributed by atoms with Crippen LogP contribution in [0.25, 0.3) is 22.3 Å². The number of nitrogens with one attached hydrogen (secondary N) is 1. The molecule has 2 heterocycles. The van der Waals surface area contributed by atoms with Crippen LogP contribution in [-0.2, 0) is 11.2 Å². The molecule has 7 nitrogen and oxygen atoms in total. The van der Waals surface area contributed by atoms with Gasteiger partial charge in [-0.2, -0.15) is 4.98 Å². The average molecular weight is 327 g/mol. The molecule has 0 amide bonds. The summed E-state index contributed by atoms with van der Waals surface area (Å²) in [5.74, 6) is -0.307. The topological polar surface area (TPSA) is 109 Å². The number of benzene rings is 1. The summed E-state index contributed by atoms with van der Waals surface area (Å²) in [4.78, 5) is 30.0. The lowest BCUT2D eigenvalue weighted by atomic mass is 9.99. The molecule has 3 rings (SSSR count). The number of carbonyl (C=O) groups is 1. The molecule has 2 N–H and O–H groups in total. The summed E-state index contributed by atoms with van der Waals surface area (Å²) >= 11 is 0. The number of para-hydroxylation sites is 1. The second-order valence-corrected chi connectivity index (χ2v) is 5.88. The highest BCUT2D eigenvalue weighted by molar-refractivity contribution is 5.85. The summed E-state index contributed by atoms with van der Waals surface area (Å²) in [7, 11) is 0. The van der Waals surface area contributed by atoms with E-state index in [1.807, 2.05) is 18.2 Å². The van der Waals surface area contributed by atoms with Crippen molar-refractivity contribution in [1.29, 1.82) is 0 Å². The minimum Gasteiger partial charge on any atom is -0.481 e. The molecule has 0 radical (unpaired) electrons. The van der Waals surface area contributed by atoms with Crippen LogP contribution in [0.4, 0.5) is 0 Å². The Morgan fingerprint density at radius 1 is 1.38 bits per heavy atom. The Morgan fingerprint density at radius 3 is 2.88 bits per heavy atom. The minimum atomic E-state index is -0.945. The van der Waals surface area contributed by atoms with Crippen molar-refractivity contribution < 1.29 is 14.4 Å². The van der Waals surface area contributed by atoms with E-state index in [0.717, 1.165) is 16.5 Å². The first-order valence-corrected chi connectivity index (χ1v) is 7.66. The average Bonchev–Trinajstić information content (AvgIpc) is 3.00. The first kappa shape index (κ1) is 15.9. The van der Waals surface area contributed by atoms with Crippen molar-refractivity contribution in [3.8, 4) is 11.4 Å². The lowest BCUT2D eigenvalue weighted by molar-refractivity contribution is -0.137. The molecule has 7 heteroatoms. The zero-order chi connectivity index (χ0) is 17.3. The number of carboxylic acids is 1. The highest BCUT2D eigenvalue weighted by Gasteiger charge is 2.15. The third kappa shape index (κ3) is 3.05. The molecule has 0 saturated heterocycles. The zero-order valence-corrected chi connectivity index (χ0v) is 13.4. The molecule has 0 aliphatic carbocycles. The van der Waals surface area contributed by atoms with Gasteiger partial charge in [0, 0.05) is 6.42 Å². The molecule has 124 valence electrons. The van der Waals surface area contributed by atoms with Gasteiger partial charge < -0.3 is 14.6 Å². The molecule has 0 aliphatic heterocycles. The summed E-state index contributed by atoms with van der Waals surface area (Å²) in [6.07, 6.45) is 0.0266. The number of aliphatic carboxylic acids is 1. The van der Waals surface area contributed by atoms with Crippen molar-refractivity contribution >= 4 is 16.9 Å². The summed E-state index contributed by atoms with van der Waals surface area (Å²) in [6.45, 7) is 4.13. The summed E-state index contributed by atoms with van der Waals surface area (Å²) in [6, 6.07) is 7.56. The van der Waals surface area contributed by atoms with Gasteiger partial charge in [-0.25, -0.2) is 0 Å². The predicted molar refractivity (Wildman–Crippen MR) is 87.9 cm³/mol. The van der Waals surface area contributed by atoms with Gasteiger partial charge in [-0.05, 0) is 22.9 Å². The van der Waals surface area contributed by atoms with Crippen LogP contribution in [-0.4, -0.2) is 26.2 Å². The van der Waals surface area contributed by atoms with Crippen LogP contribution < -0.4 is 5.56 Å². The molecule has 0 saturated carbocycles. The Kier molecular flexibility index (Phi) is 4.16. The number of aromatic nitrogens is 3. The van der Waals surface area contributed by atoms with Crippen LogP contribution in [0.1, 0.15) is 37.6 Å². The number of rotatable bonds is 5. The third-order valence-corrected chi connectivity index (χ3v) is 3.80. The molecule has 2 aromatic heterocycles. The van der Waals surface area contributed by atoms with Crippen molar-refractivity contribution in [2.75, 3.05) is 0 Å². The number of aryl methyl sites for hydroxylation is 1. The summed E-state index contributed by atoms with van der Waals surface area (Å²) in [5, 5.41) is 13.4. The van der Waals surface area contributed by atoms with E-state index in [-0.39, 0.29) is 36.0 Å². The van der Waals surface area contributed by atoms with Crippen LogP contribution in [0.5, 0.6) is 0 Å². The predicted octanol–water partition coefficient (Wildman–Crippen LogP) is 2.72. The molecule has 1 aromatic carbocycles. The quantitative estimate of drug-likeness (QED) is 0.745. The van der Waals surface area contributed by atoms with Crippen molar-refractivity contribution in [3.05, 3.63) is 46.1 Å². The van der Waals surface area contributed by atoms with E-state index in [0.29, 0.717) is 5.56 Å². The van der Waals surface area contributed by atoms with E-state index in [9.17, 15) is 9.59 Å². The molecule has 0 fully saturated rings. The molecule has 0 spiro atoms. The Labute approximate surface area is 137 Å². The van der Waals surface area contributed by atoms with Crippen molar-refractivity contribution in [2.45, 2.75) is 32.6 Å². The lowest BCUT2D eigenvalue weighted by Gasteiger charge is -2.09. The highest BCUT2D eigenvalue weighted by Crippen LogP contribution is 2.25. The van der Waals surface area contributed by atoms with Gasteiger partial charge in [0.25, 0.3) is 5.56 Å². The van der Waals surface area contributed by atoms with Gasteiger partial charge in [0.2, 0.25) is 11.7 Å². The standard InChI is InChI=1S/C17H17N3O4/c1-9(2)11-5-3-4-10-8-12(17(23)19-15(10)11)16-18-13(24-20-16)6-7-14(21)22/h3-5,8-9H,6-7H2,1-2H3,(H,19,23)(H,21,22). The van der Waals surface area contributed by atoms with Crippen molar-refractivity contribution in [1.82, 2.24) is 15.1 Å². The van der Waals surface area contributed by atoms with E-state index in [1.165, 1.54) is 0 Å². The smallest absolute Gasteiger partial charge is 0.303 e. The van der Waals surface area contributed by atoms with Crippen LogP contribution in [0.3, 0.4) is 0 Å². The minimum absolute atomic E-state index is 0.104. The summed E-state index contributed by atoms with van der Waals surface area (Å²) < 4.78 is 5.02. The molecule has 24 heavy (non-hydrogen) atoms. The van der Waals surface area contributed by atoms with Gasteiger partial charge in [-0.15, -0.1) is 0 Å². The van der Waals surface area contributed by atoms with Crippen LogP contribution in [0.15, 0.2) is 33.6 Å². The van der Waals surface area contributed by atoms with Crippen LogP contribution in [0, 0.1) is 0 Å². The largest absolute Gasteiger partial charge is 0.481 e. The number of hydrogen-bond acceptors (Lipinski definition) is 5. The van der Waals surface area contributed by atoms with Crippen LogP contribution in [0.2, 0.25) is 0 Å². The fourth-order valence-corrected chi connectivity index (χ4v) is 2.58.